The number of thioether (sulfide) groups is 1. The average Bonchev–Trinajstić information content (AvgIpc) is 2.39. The van der Waals surface area contributed by atoms with Crippen molar-refractivity contribution in [3.05, 3.63) is 29.8 Å². The summed E-state index contributed by atoms with van der Waals surface area (Å²) in [7, 11) is 0. The summed E-state index contributed by atoms with van der Waals surface area (Å²) in [6.45, 7) is 1.39. The summed E-state index contributed by atoms with van der Waals surface area (Å²) in [6, 6.07) is 7.84. The van der Waals surface area contributed by atoms with Crippen molar-refractivity contribution in [3.8, 4) is 0 Å². The van der Waals surface area contributed by atoms with E-state index < -0.39 is 0 Å². The molecule has 0 radical (unpaired) electrons. The normalized spacial score (nSPS) is 20.7. The van der Waals surface area contributed by atoms with Gasteiger partial charge in [-0.15, -0.1) is 11.8 Å². The lowest BCUT2D eigenvalue weighted by Gasteiger charge is -2.20. The fourth-order valence-electron chi connectivity index (χ4n) is 1.94. The van der Waals surface area contributed by atoms with Gasteiger partial charge in [0.1, 0.15) is 0 Å². The summed E-state index contributed by atoms with van der Waals surface area (Å²) >= 11 is 1.69. The Morgan fingerprint density at radius 3 is 2.69 bits per heavy atom. The fourth-order valence-corrected chi connectivity index (χ4v) is 2.35. The Kier molecular flexibility index (Phi) is 4.02. The Bertz CT molecular complexity index is 353. The summed E-state index contributed by atoms with van der Waals surface area (Å²) in [5.41, 5.74) is 0.813. The third-order valence-corrected chi connectivity index (χ3v) is 3.65. The van der Waals surface area contributed by atoms with Gasteiger partial charge in [0.05, 0.1) is 6.61 Å². The summed E-state index contributed by atoms with van der Waals surface area (Å²) in [4.78, 5) is 13.3. The largest absolute Gasteiger partial charge is 0.381 e. The number of rotatable bonds is 3. The van der Waals surface area contributed by atoms with E-state index in [4.69, 9.17) is 4.74 Å². The monoisotopic (exact) mass is 236 g/mol. The highest BCUT2D eigenvalue weighted by molar-refractivity contribution is 7.98. The highest BCUT2D eigenvalue weighted by atomic mass is 32.2. The van der Waals surface area contributed by atoms with Gasteiger partial charge < -0.3 is 4.74 Å². The SMILES string of the molecule is CSc1ccc(C(=O)C2CCCOC2)cc1. The van der Waals surface area contributed by atoms with Crippen LogP contribution in [0.25, 0.3) is 0 Å². The van der Waals surface area contributed by atoms with E-state index >= 15 is 0 Å². The number of Topliss-reactive ketones (excluding diaryl/α,β-unsaturated/α-hetero) is 1. The van der Waals surface area contributed by atoms with Crippen LogP contribution in [0.2, 0.25) is 0 Å². The number of hydrogen-bond donors (Lipinski definition) is 0. The van der Waals surface area contributed by atoms with E-state index in [9.17, 15) is 4.79 Å². The van der Waals surface area contributed by atoms with Crippen molar-refractivity contribution >= 4 is 17.5 Å². The maximum Gasteiger partial charge on any atom is 0.168 e. The molecule has 1 atom stereocenters. The second-order valence-corrected chi connectivity index (χ2v) is 4.89. The zero-order valence-corrected chi connectivity index (χ0v) is 10.3. The third kappa shape index (κ3) is 2.66. The number of hydrogen-bond acceptors (Lipinski definition) is 3. The smallest absolute Gasteiger partial charge is 0.168 e. The van der Waals surface area contributed by atoms with Crippen LogP contribution in [0, 0.1) is 5.92 Å². The second-order valence-electron chi connectivity index (χ2n) is 4.01. The number of carbonyl (C=O) groups excluding carboxylic acids is 1. The molecule has 1 saturated heterocycles. The molecule has 0 bridgehead atoms. The zero-order chi connectivity index (χ0) is 11.4. The first-order valence-corrected chi connectivity index (χ1v) is 6.80. The number of ketones is 1. The van der Waals surface area contributed by atoms with E-state index in [1.807, 2.05) is 30.5 Å². The summed E-state index contributed by atoms with van der Waals surface area (Å²) < 4.78 is 5.34. The predicted octanol–water partition coefficient (Wildman–Crippen LogP) is 3.02. The van der Waals surface area contributed by atoms with Gasteiger partial charge in [0.25, 0.3) is 0 Å². The van der Waals surface area contributed by atoms with Crippen molar-refractivity contribution < 1.29 is 9.53 Å². The van der Waals surface area contributed by atoms with Crippen LogP contribution in [0.3, 0.4) is 0 Å². The molecule has 0 aromatic heterocycles. The van der Waals surface area contributed by atoms with Crippen LogP contribution in [0.15, 0.2) is 29.2 Å². The first kappa shape index (κ1) is 11.7. The van der Waals surface area contributed by atoms with Crippen LogP contribution in [0.5, 0.6) is 0 Å². The van der Waals surface area contributed by atoms with Crippen LogP contribution < -0.4 is 0 Å². The minimum atomic E-state index is 0.0638. The molecule has 1 heterocycles. The molecule has 0 N–H and O–H groups in total. The molecule has 1 unspecified atom stereocenters. The number of ether oxygens (including phenoxy) is 1. The van der Waals surface area contributed by atoms with E-state index in [1.165, 1.54) is 4.90 Å². The molecule has 3 heteroatoms. The molecule has 0 aliphatic carbocycles. The van der Waals surface area contributed by atoms with Gasteiger partial charge in [0.15, 0.2) is 5.78 Å². The molecule has 1 fully saturated rings. The Morgan fingerprint density at radius 2 is 2.12 bits per heavy atom. The Labute approximate surface area is 100 Å². The molecular weight excluding hydrogens is 220 g/mol. The molecule has 1 aliphatic rings. The van der Waals surface area contributed by atoms with Crippen LogP contribution >= 0.6 is 11.8 Å². The van der Waals surface area contributed by atoms with Crippen LogP contribution in [0.1, 0.15) is 23.2 Å². The summed E-state index contributed by atoms with van der Waals surface area (Å²) in [5.74, 6) is 0.293. The fraction of sp³-hybridized carbons (Fsp3) is 0.462. The molecule has 1 aromatic rings. The van der Waals surface area contributed by atoms with Gasteiger partial charge >= 0.3 is 0 Å². The zero-order valence-electron chi connectivity index (χ0n) is 9.44. The van der Waals surface area contributed by atoms with Gasteiger partial charge in [-0.05, 0) is 31.2 Å². The summed E-state index contributed by atoms with van der Waals surface area (Å²) in [5, 5.41) is 0. The van der Waals surface area contributed by atoms with Crippen molar-refractivity contribution in [3.63, 3.8) is 0 Å². The van der Waals surface area contributed by atoms with Crippen molar-refractivity contribution in [1.82, 2.24) is 0 Å². The third-order valence-electron chi connectivity index (χ3n) is 2.91. The lowest BCUT2D eigenvalue weighted by atomic mass is 9.93. The molecular formula is C13H16O2S. The topological polar surface area (TPSA) is 26.3 Å². The van der Waals surface area contributed by atoms with Crippen molar-refractivity contribution in [2.75, 3.05) is 19.5 Å². The maximum absolute atomic E-state index is 12.1. The second kappa shape index (κ2) is 5.51. The van der Waals surface area contributed by atoms with Gasteiger partial charge in [-0.1, -0.05) is 12.1 Å². The minimum Gasteiger partial charge on any atom is -0.381 e. The van der Waals surface area contributed by atoms with Gasteiger partial charge in [0, 0.05) is 23.0 Å². The van der Waals surface area contributed by atoms with E-state index in [-0.39, 0.29) is 11.7 Å². The maximum atomic E-state index is 12.1. The van der Waals surface area contributed by atoms with Gasteiger partial charge in [-0.3, -0.25) is 4.79 Å². The van der Waals surface area contributed by atoms with Crippen molar-refractivity contribution in [2.24, 2.45) is 5.92 Å². The van der Waals surface area contributed by atoms with E-state index in [2.05, 4.69) is 0 Å². The lowest BCUT2D eigenvalue weighted by Crippen LogP contribution is -2.25. The molecule has 0 amide bonds. The number of carbonyl (C=O) groups is 1. The highest BCUT2D eigenvalue weighted by Crippen LogP contribution is 2.21. The van der Waals surface area contributed by atoms with E-state index in [1.54, 1.807) is 11.8 Å². The molecule has 1 aliphatic heterocycles. The first-order chi connectivity index (χ1) is 7.81. The van der Waals surface area contributed by atoms with Gasteiger partial charge in [-0.25, -0.2) is 0 Å². The molecule has 16 heavy (non-hydrogen) atoms. The first-order valence-electron chi connectivity index (χ1n) is 5.57. The van der Waals surface area contributed by atoms with Gasteiger partial charge in [-0.2, -0.15) is 0 Å². The average molecular weight is 236 g/mol. The van der Waals surface area contributed by atoms with Crippen LogP contribution in [0.4, 0.5) is 0 Å². The predicted molar refractivity (Wildman–Crippen MR) is 66.1 cm³/mol. The molecule has 2 nitrogen and oxygen atoms in total. The lowest BCUT2D eigenvalue weighted by molar-refractivity contribution is 0.0461. The number of benzene rings is 1. The van der Waals surface area contributed by atoms with Crippen molar-refractivity contribution in [1.29, 1.82) is 0 Å². The van der Waals surface area contributed by atoms with Crippen LogP contribution in [-0.2, 0) is 4.74 Å². The molecule has 0 spiro atoms. The van der Waals surface area contributed by atoms with E-state index in [0.29, 0.717) is 6.61 Å². The van der Waals surface area contributed by atoms with Crippen LogP contribution in [-0.4, -0.2) is 25.3 Å². The highest BCUT2D eigenvalue weighted by Gasteiger charge is 2.22. The Hall–Kier alpha value is -0.800. The molecule has 2 rings (SSSR count). The van der Waals surface area contributed by atoms with Crippen molar-refractivity contribution in [2.45, 2.75) is 17.7 Å². The Morgan fingerprint density at radius 1 is 1.38 bits per heavy atom. The molecule has 0 saturated carbocycles. The summed E-state index contributed by atoms with van der Waals surface area (Å²) in [6.07, 6.45) is 3.99. The molecule has 86 valence electrons. The van der Waals surface area contributed by atoms with E-state index in [0.717, 1.165) is 25.0 Å². The molecule has 1 aromatic carbocycles. The Balaban J connectivity index is 2.07. The minimum absolute atomic E-state index is 0.0638. The standard InChI is InChI=1S/C13H16O2S/c1-16-12-6-4-10(5-7-12)13(14)11-3-2-8-15-9-11/h4-7,11H,2-3,8-9H2,1H3. The van der Waals surface area contributed by atoms with Gasteiger partial charge in [0.2, 0.25) is 0 Å². The quantitative estimate of drug-likeness (QED) is 0.596.